The lowest BCUT2D eigenvalue weighted by atomic mass is 9.84. The van der Waals surface area contributed by atoms with Crippen LogP contribution in [-0.4, -0.2) is 17.7 Å². The van der Waals surface area contributed by atoms with Crippen molar-refractivity contribution in [3.8, 4) is 0 Å². The molecule has 0 radical (unpaired) electrons. The fraction of sp³-hybridized carbons (Fsp3) is 0.400. The fourth-order valence-electron chi connectivity index (χ4n) is 1.80. The molecule has 0 saturated carbocycles. The Bertz CT molecular complexity index is 444. The molecule has 2 rings (SSSR count). The van der Waals surface area contributed by atoms with Crippen molar-refractivity contribution in [1.29, 1.82) is 0 Å². The average Bonchev–Trinajstić information content (AvgIpc) is 2.64. The van der Waals surface area contributed by atoms with E-state index in [1.54, 1.807) is 0 Å². The highest BCUT2D eigenvalue weighted by Crippen LogP contribution is 2.31. The lowest BCUT2D eigenvalue weighted by molar-refractivity contribution is -0.174. The lowest BCUT2D eigenvalue weighted by Crippen LogP contribution is -2.37. The van der Waals surface area contributed by atoms with Crippen molar-refractivity contribution in [3.05, 3.63) is 23.7 Å². The molecule has 6 heteroatoms. The van der Waals surface area contributed by atoms with Crippen LogP contribution in [0.3, 0.4) is 0 Å². The Morgan fingerprint density at radius 3 is 2.75 bits per heavy atom. The number of aryl methyl sites for hydroxylation is 1. The molecular weight excluding hydrogens is 225 g/mol. The van der Waals surface area contributed by atoms with E-state index in [9.17, 15) is 22.8 Å². The number of fused-ring (bicyclic) bond motifs is 1. The SMILES string of the molecule is O=C1c2ccoc2CC[C@H]1C(=O)C(F)(F)F. The summed E-state index contributed by atoms with van der Waals surface area (Å²) in [6, 6.07) is 1.30. The number of hydrogen-bond acceptors (Lipinski definition) is 3. The highest BCUT2D eigenvalue weighted by atomic mass is 19.4. The summed E-state index contributed by atoms with van der Waals surface area (Å²) in [6.45, 7) is 0. The van der Waals surface area contributed by atoms with Gasteiger partial charge in [0.1, 0.15) is 5.76 Å². The molecule has 0 spiro atoms. The van der Waals surface area contributed by atoms with Crippen LogP contribution in [0.1, 0.15) is 22.5 Å². The van der Waals surface area contributed by atoms with Gasteiger partial charge >= 0.3 is 6.18 Å². The van der Waals surface area contributed by atoms with E-state index in [-0.39, 0.29) is 18.4 Å². The summed E-state index contributed by atoms with van der Waals surface area (Å²) in [6.07, 6.45) is -3.68. The average molecular weight is 232 g/mol. The van der Waals surface area contributed by atoms with Crippen molar-refractivity contribution < 1.29 is 27.2 Å². The largest absolute Gasteiger partial charge is 0.469 e. The molecule has 0 unspecified atom stereocenters. The molecule has 1 aliphatic rings. The van der Waals surface area contributed by atoms with Crippen LogP contribution in [-0.2, 0) is 11.2 Å². The van der Waals surface area contributed by atoms with Gasteiger partial charge in [-0.05, 0) is 12.5 Å². The zero-order valence-corrected chi connectivity index (χ0v) is 8.00. The molecule has 3 nitrogen and oxygen atoms in total. The topological polar surface area (TPSA) is 47.3 Å². The molecule has 0 saturated heterocycles. The Hall–Kier alpha value is -1.59. The zero-order valence-electron chi connectivity index (χ0n) is 8.00. The first kappa shape index (κ1) is 10.9. The standard InChI is InChI=1S/C10H7F3O3/c11-10(12,13)9(15)6-1-2-7-5(8(6)14)3-4-16-7/h3-4,6H,1-2H2/t6-/m1/s1. The monoisotopic (exact) mass is 232 g/mol. The molecule has 16 heavy (non-hydrogen) atoms. The van der Waals surface area contributed by atoms with Crippen LogP contribution < -0.4 is 0 Å². The van der Waals surface area contributed by atoms with Crippen LogP contribution in [0.5, 0.6) is 0 Å². The number of halogens is 3. The van der Waals surface area contributed by atoms with Crippen molar-refractivity contribution in [2.45, 2.75) is 19.0 Å². The van der Waals surface area contributed by atoms with Gasteiger partial charge in [0.25, 0.3) is 0 Å². The quantitative estimate of drug-likeness (QED) is 0.697. The van der Waals surface area contributed by atoms with Crippen LogP contribution in [0, 0.1) is 5.92 Å². The van der Waals surface area contributed by atoms with Crippen molar-refractivity contribution in [2.24, 2.45) is 5.92 Å². The van der Waals surface area contributed by atoms with Gasteiger partial charge in [-0.3, -0.25) is 9.59 Å². The van der Waals surface area contributed by atoms with E-state index in [1.807, 2.05) is 0 Å². The van der Waals surface area contributed by atoms with E-state index in [2.05, 4.69) is 0 Å². The third-order valence-corrected chi connectivity index (χ3v) is 2.58. The number of carbonyl (C=O) groups excluding carboxylic acids is 2. The van der Waals surface area contributed by atoms with Gasteiger partial charge in [0.2, 0.25) is 5.78 Å². The Labute approximate surface area is 88.2 Å². The maximum atomic E-state index is 12.2. The lowest BCUT2D eigenvalue weighted by Gasteiger charge is -2.19. The molecule has 0 bridgehead atoms. The van der Waals surface area contributed by atoms with Gasteiger partial charge in [-0.1, -0.05) is 0 Å². The highest BCUT2D eigenvalue weighted by Gasteiger charge is 2.47. The van der Waals surface area contributed by atoms with E-state index in [0.29, 0.717) is 5.76 Å². The molecule has 0 N–H and O–H groups in total. The van der Waals surface area contributed by atoms with E-state index in [0.717, 1.165) is 0 Å². The molecular formula is C10H7F3O3. The minimum absolute atomic E-state index is 0.0915. The first-order valence-electron chi connectivity index (χ1n) is 4.63. The highest BCUT2D eigenvalue weighted by molar-refractivity contribution is 6.13. The van der Waals surface area contributed by atoms with Crippen molar-refractivity contribution in [1.82, 2.24) is 0 Å². The zero-order chi connectivity index (χ0) is 11.9. The second-order valence-electron chi connectivity index (χ2n) is 3.57. The third kappa shape index (κ3) is 1.64. The molecule has 1 aromatic heterocycles. The van der Waals surface area contributed by atoms with Crippen LogP contribution in [0.25, 0.3) is 0 Å². The fourth-order valence-corrected chi connectivity index (χ4v) is 1.80. The molecule has 0 aliphatic heterocycles. The normalized spacial score (nSPS) is 20.7. The van der Waals surface area contributed by atoms with Gasteiger partial charge in [0.15, 0.2) is 5.78 Å². The predicted molar refractivity (Wildman–Crippen MR) is 45.9 cm³/mol. The molecule has 0 fully saturated rings. The van der Waals surface area contributed by atoms with Gasteiger partial charge in [-0.15, -0.1) is 0 Å². The smallest absolute Gasteiger partial charge is 0.450 e. The van der Waals surface area contributed by atoms with E-state index in [1.165, 1.54) is 12.3 Å². The molecule has 0 amide bonds. The summed E-state index contributed by atoms with van der Waals surface area (Å²) in [4.78, 5) is 22.6. The number of alkyl halides is 3. The van der Waals surface area contributed by atoms with E-state index in [4.69, 9.17) is 4.42 Å². The van der Waals surface area contributed by atoms with Gasteiger partial charge in [-0.25, -0.2) is 0 Å². The molecule has 0 aromatic carbocycles. The van der Waals surface area contributed by atoms with Crippen molar-refractivity contribution >= 4 is 11.6 Å². The molecule has 1 aromatic rings. The first-order chi connectivity index (χ1) is 7.41. The Balaban J connectivity index is 2.29. The van der Waals surface area contributed by atoms with Crippen molar-refractivity contribution in [2.75, 3.05) is 0 Å². The van der Waals surface area contributed by atoms with Gasteiger partial charge in [0.05, 0.1) is 17.7 Å². The Kier molecular flexibility index (Phi) is 2.36. The van der Waals surface area contributed by atoms with Gasteiger partial charge < -0.3 is 4.42 Å². The number of furan rings is 1. The summed E-state index contributed by atoms with van der Waals surface area (Å²) in [5.74, 6) is -4.01. The van der Waals surface area contributed by atoms with Crippen LogP contribution in [0.4, 0.5) is 13.2 Å². The number of ketones is 2. The summed E-state index contributed by atoms with van der Waals surface area (Å²) in [7, 11) is 0. The molecule has 86 valence electrons. The predicted octanol–water partition coefficient (Wildman–Crippen LogP) is 2.16. The number of carbonyl (C=O) groups is 2. The second kappa shape index (κ2) is 3.47. The van der Waals surface area contributed by atoms with Gasteiger partial charge in [0, 0.05) is 6.42 Å². The number of Topliss-reactive ketones (excluding diaryl/α,β-unsaturated/α-hetero) is 2. The summed E-state index contributed by atoms with van der Waals surface area (Å²) >= 11 is 0. The second-order valence-corrected chi connectivity index (χ2v) is 3.57. The first-order valence-corrected chi connectivity index (χ1v) is 4.63. The van der Waals surface area contributed by atoms with Crippen LogP contribution >= 0.6 is 0 Å². The maximum absolute atomic E-state index is 12.2. The Morgan fingerprint density at radius 2 is 2.12 bits per heavy atom. The molecule has 1 aliphatic carbocycles. The van der Waals surface area contributed by atoms with Crippen LogP contribution in [0.15, 0.2) is 16.7 Å². The number of rotatable bonds is 1. The molecule has 1 heterocycles. The Morgan fingerprint density at radius 1 is 1.44 bits per heavy atom. The van der Waals surface area contributed by atoms with Crippen molar-refractivity contribution in [3.63, 3.8) is 0 Å². The summed E-state index contributed by atoms with van der Waals surface area (Å²) in [5, 5.41) is 0. The minimum Gasteiger partial charge on any atom is -0.469 e. The molecule has 1 atom stereocenters. The van der Waals surface area contributed by atoms with Gasteiger partial charge in [-0.2, -0.15) is 13.2 Å². The third-order valence-electron chi connectivity index (χ3n) is 2.58. The maximum Gasteiger partial charge on any atom is 0.450 e. The summed E-state index contributed by atoms with van der Waals surface area (Å²) < 4.78 is 41.5. The minimum atomic E-state index is -4.96. The van der Waals surface area contributed by atoms with E-state index >= 15 is 0 Å². The number of hydrogen-bond donors (Lipinski definition) is 0. The summed E-state index contributed by atoms with van der Waals surface area (Å²) in [5.41, 5.74) is 0.0915. The van der Waals surface area contributed by atoms with Crippen LogP contribution in [0.2, 0.25) is 0 Å². The van der Waals surface area contributed by atoms with E-state index < -0.39 is 23.7 Å².